The van der Waals surface area contributed by atoms with Gasteiger partial charge in [-0.05, 0) is 44.2 Å². The van der Waals surface area contributed by atoms with Crippen LogP contribution in [0.15, 0.2) is 24.3 Å². The van der Waals surface area contributed by atoms with E-state index in [2.05, 4.69) is 53.6 Å². The zero-order valence-electron chi connectivity index (χ0n) is 12.8. The van der Waals surface area contributed by atoms with Crippen LogP contribution in [0.4, 0.5) is 0 Å². The molecule has 1 aromatic rings. The second-order valence-corrected chi connectivity index (χ2v) is 6.40. The molecule has 0 atom stereocenters. The Balaban J connectivity index is 1.74. The predicted octanol–water partition coefficient (Wildman–Crippen LogP) is 2.91. The lowest BCUT2D eigenvalue weighted by molar-refractivity contribution is 0.198. The average molecular weight is 294 g/mol. The summed E-state index contributed by atoms with van der Waals surface area (Å²) < 4.78 is 8.11. The highest BCUT2D eigenvalue weighted by molar-refractivity contribution is 7.96. The van der Waals surface area contributed by atoms with Crippen LogP contribution < -0.4 is 4.74 Å². The fourth-order valence-corrected chi connectivity index (χ4v) is 2.96. The van der Waals surface area contributed by atoms with Crippen molar-refractivity contribution in [2.75, 3.05) is 39.0 Å². The van der Waals surface area contributed by atoms with E-state index in [1.54, 1.807) is 0 Å². The molecular formula is C16H26N2OS. The standard InChI is InChI=1S/C16H26N2OS/c1-14(2)19-16-6-4-15(5-7-16)8-9-17-10-12-18(20-3)13-11-17/h4-7,14H,8-13H2,1-3H3. The maximum Gasteiger partial charge on any atom is 0.119 e. The fourth-order valence-electron chi connectivity index (χ4n) is 2.43. The molecule has 112 valence electrons. The van der Waals surface area contributed by atoms with E-state index in [0.717, 1.165) is 18.7 Å². The third-order valence-corrected chi connectivity index (χ3v) is 4.48. The molecule has 1 heterocycles. The number of benzene rings is 1. The van der Waals surface area contributed by atoms with E-state index >= 15 is 0 Å². The summed E-state index contributed by atoms with van der Waals surface area (Å²) in [4.78, 5) is 2.56. The van der Waals surface area contributed by atoms with Crippen molar-refractivity contribution < 1.29 is 4.74 Å². The highest BCUT2D eigenvalue weighted by Crippen LogP contribution is 2.15. The summed E-state index contributed by atoms with van der Waals surface area (Å²) in [6, 6.07) is 8.55. The minimum absolute atomic E-state index is 0.244. The topological polar surface area (TPSA) is 15.7 Å². The van der Waals surface area contributed by atoms with Crippen molar-refractivity contribution in [3.05, 3.63) is 29.8 Å². The number of nitrogens with zero attached hydrogens (tertiary/aromatic N) is 2. The van der Waals surface area contributed by atoms with Gasteiger partial charge in [0.1, 0.15) is 5.75 Å². The molecule has 20 heavy (non-hydrogen) atoms. The molecule has 0 N–H and O–H groups in total. The van der Waals surface area contributed by atoms with E-state index < -0.39 is 0 Å². The van der Waals surface area contributed by atoms with Crippen LogP contribution >= 0.6 is 11.9 Å². The lowest BCUT2D eigenvalue weighted by Gasteiger charge is -2.33. The van der Waals surface area contributed by atoms with Crippen LogP contribution in [0.3, 0.4) is 0 Å². The minimum atomic E-state index is 0.244. The molecule has 1 aliphatic heterocycles. The van der Waals surface area contributed by atoms with Gasteiger partial charge in [-0.15, -0.1) is 0 Å². The van der Waals surface area contributed by atoms with Crippen LogP contribution in [-0.4, -0.2) is 54.3 Å². The Morgan fingerprint density at radius 3 is 2.30 bits per heavy atom. The quantitative estimate of drug-likeness (QED) is 0.749. The zero-order valence-corrected chi connectivity index (χ0v) is 13.7. The summed E-state index contributed by atoms with van der Waals surface area (Å²) in [7, 11) is 0. The molecule has 1 saturated heterocycles. The Kier molecular flexibility index (Phi) is 6.20. The van der Waals surface area contributed by atoms with Crippen molar-refractivity contribution in [3.63, 3.8) is 0 Å². The highest BCUT2D eigenvalue weighted by Gasteiger charge is 2.15. The van der Waals surface area contributed by atoms with Gasteiger partial charge < -0.3 is 9.64 Å². The first-order chi connectivity index (χ1) is 9.67. The van der Waals surface area contributed by atoms with E-state index in [0.29, 0.717) is 0 Å². The molecule has 0 aliphatic carbocycles. The molecule has 1 aromatic carbocycles. The molecular weight excluding hydrogens is 268 g/mol. The summed E-state index contributed by atoms with van der Waals surface area (Å²) in [5.74, 6) is 0.970. The molecule has 0 unspecified atom stereocenters. The lowest BCUT2D eigenvalue weighted by atomic mass is 10.1. The van der Waals surface area contributed by atoms with Crippen molar-refractivity contribution in [1.29, 1.82) is 0 Å². The first-order valence-electron chi connectivity index (χ1n) is 7.44. The lowest BCUT2D eigenvalue weighted by Crippen LogP contribution is -2.43. The molecule has 0 aromatic heterocycles. The smallest absolute Gasteiger partial charge is 0.119 e. The van der Waals surface area contributed by atoms with Gasteiger partial charge in [0.2, 0.25) is 0 Å². The van der Waals surface area contributed by atoms with E-state index in [-0.39, 0.29) is 6.10 Å². The number of ether oxygens (including phenoxy) is 1. The summed E-state index contributed by atoms with van der Waals surface area (Å²) >= 11 is 1.86. The van der Waals surface area contributed by atoms with Crippen LogP contribution in [0.1, 0.15) is 19.4 Å². The summed E-state index contributed by atoms with van der Waals surface area (Å²) in [5.41, 5.74) is 1.40. The zero-order chi connectivity index (χ0) is 14.4. The molecule has 0 radical (unpaired) electrons. The second kappa shape index (κ2) is 7.91. The Morgan fingerprint density at radius 1 is 1.10 bits per heavy atom. The number of hydrogen-bond acceptors (Lipinski definition) is 4. The maximum atomic E-state index is 5.67. The van der Waals surface area contributed by atoms with Crippen LogP contribution in [0.2, 0.25) is 0 Å². The second-order valence-electron chi connectivity index (χ2n) is 5.51. The van der Waals surface area contributed by atoms with Crippen LogP contribution in [0, 0.1) is 0 Å². The Morgan fingerprint density at radius 2 is 1.75 bits per heavy atom. The third kappa shape index (κ3) is 5.00. The van der Waals surface area contributed by atoms with Gasteiger partial charge >= 0.3 is 0 Å². The van der Waals surface area contributed by atoms with Crippen molar-refractivity contribution in [3.8, 4) is 5.75 Å². The molecule has 0 saturated carbocycles. The Bertz CT molecular complexity index is 386. The van der Waals surface area contributed by atoms with Gasteiger partial charge in [-0.1, -0.05) is 24.1 Å². The van der Waals surface area contributed by atoms with E-state index in [1.807, 2.05) is 11.9 Å². The molecule has 0 bridgehead atoms. The van der Waals surface area contributed by atoms with E-state index in [4.69, 9.17) is 4.74 Å². The van der Waals surface area contributed by atoms with Gasteiger partial charge in [-0.2, -0.15) is 0 Å². The molecule has 0 spiro atoms. The maximum absolute atomic E-state index is 5.67. The Hall–Kier alpha value is -0.710. The van der Waals surface area contributed by atoms with Crippen LogP contribution in [-0.2, 0) is 6.42 Å². The molecule has 1 fully saturated rings. The van der Waals surface area contributed by atoms with Crippen molar-refractivity contribution in [2.45, 2.75) is 26.4 Å². The van der Waals surface area contributed by atoms with Crippen molar-refractivity contribution in [2.24, 2.45) is 0 Å². The predicted molar refractivity (Wildman–Crippen MR) is 87.4 cm³/mol. The highest BCUT2D eigenvalue weighted by atomic mass is 32.2. The summed E-state index contributed by atoms with van der Waals surface area (Å²) in [6.07, 6.45) is 3.53. The first-order valence-corrected chi connectivity index (χ1v) is 8.62. The van der Waals surface area contributed by atoms with Crippen LogP contribution in [0.25, 0.3) is 0 Å². The van der Waals surface area contributed by atoms with Gasteiger partial charge in [0, 0.05) is 32.7 Å². The molecule has 3 nitrogen and oxygen atoms in total. The molecule has 4 heteroatoms. The largest absolute Gasteiger partial charge is 0.491 e. The van der Waals surface area contributed by atoms with Gasteiger partial charge in [0.25, 0.3) is 0 Å². The Labute approximate surface area is 127 Å². The van der Waals surface area contributed by atoms with E-state index in [9.17, 15) is 0 Å². The first kappa shape index (κ1) is 15.7. The van der Waals surface area contributed by atoms with Crippen LogP contribution in [0.5, 0.6) is 5.75 Å². The van der Waals surface area contributed by atoms with Crippen molar-refractivity contribution in [1.82, 2.24) is 9.21 Å². The van der Waals surface area contributed by atoms with Crippen molar-refractivity contribution >= 4 is 11.9 Å². The van der Waals surface area contributed by atoms with Gasteiger partial charge in [-0.3, -0.25) is 0 Å². The van der Waals surface area contributed by atoms with E-state index in [1.165, 1.54) is 31.7 Å². The fraction of sp³-hybridized carbons (Fsp3) is 0.625. The molecule has 1 aliphatic rings. The van der Waals surface area contributed by atoms with Gasteiger partial charge in [-0.25, -0.2) is 4.31 Å². The summed E-state index contributed by atoms with van der Waals surface area (Å²) in [6.45, 7) is 10.0. The molecule has 0 amide bonds. The van der Waals surface area contributed by atoms with Gasteiger partial charge in [0.05, 0.1) is 6.10 Å². The number of rotatable bonds is 6. The third-order valence-electron chi connectivity index (χ3n) is 3.60. The normalized spacial score (nSPS) is 17.6. The number of hydrogen-bond donors (Lipinski definition) is 0. The summed E-state index contributed by atoms with van der Waals surface area (Å²) in [5, 5.41) is 0. The average Bonchev–Trinajstić information content (AvgIpc) is 2.46. The monoisotopic (exact) mass is 294 g/mol. The molecule has 2 rings (SSSR count). The SMILES string of the molecule is CSN1CCN(CCc2ccc(OC(C)C)cc2)CC1. The van der Waals surface area contributed by atoms with Gasteiger partial charge in [0.15, 0.2) is 0 Å². The number of piperazine rings is 1. The minimum Gasteiger partial charge on any atom is -0.491 e.